The van der Waals surface area contributed by atoms with Crippen LogP contribution in [-0.2, 0) is 0 Å². The van der Waals surface area contributed by atoms with Crippen LogP contribution in [0.4, 0.5) is 0 Å². The van der Waals surface area contributed by atoms with Crippen LogP contribution in [0.5, 0.6) is 0 Å². The van der Waals surface area contributed by atoms with E-state index in [0.717, 1.165) is 82.2 Å². The van der Waals surface area contributed by atoms with E-state index < -0.39 is 0 Å². The average molecular weight is 691 g/mol. The summed E-state index contributed by atoms with van der Waals surface area (Å²) in [4.78, 5) is 20.5. The molecule has 7 aromatic carbocycles. The molecule has 0 amide bonds. The molecule has 0 aliphatic rings. The summed E-state index contributed by atoms with van der Waals surface area (Å²) in [5.74, 6) is 1.39. The lowest BCUT2D eigenvalue weighted by Crippen LogP contribution is -2.06. The second kappa shape index (κ2) is 11.7. The van der Waals surface area contributed by atoms with Gasteiger partial charge in [-0.3, -0.25) is 4.57 Å². The van der Waals surface area contributed by atoms with Gasteiger partial charge in [-0.15, -0.1) is 0 Å². The molecular formula is C47H26N6O. The van der Waals surface area contributed by atoms with E-state index in [1.54, 1.807) is 6.07 Å². The normalized spacial score (nSPS) is 11.7. The van der Waals surface area contributed by atoms with E-state index in [2.05, 4.69) is 77.4 Å². The highest BCUT2D eigenvalue weighted by molar-refractivity contribution is 6.29. The minimum Gasteiger partial charge on any atom is -0.455 e. The molecule has 0 radical (unpaired) electrons. The Morgan fingerprint density at radius 1 is 0.500 bits per heavy atom. The van der Waals surface area contributed by atoms with Gasteiger partial charge in [0.15, 0.2) is 11.6 Å². The molecular weight excluding hydrogens is 665 g/mol. The number of furan rings is 1. The van der Waals surface area contributed by atoms with Crippen molar-refractivity contribution in [1.82, 2.24) is 24.5 Å². The molecule has 0 fully saturated rings. The second-order valence-corrected chi connectivity index (χ2v) is 13.3. The molecule has 0 aliphatic heterocycles. The molecule has 7 nitrogen and oxygen atoms in total. The Balaban J connectivity index is 1.22. The number of fused-ring (bicyclic) bond motifs is 10. The third kappa shape index (κ3) is 4.47. The van der Waals surface area contributed by atoms with Crippen LogP contribution in [-0.4, -0.2) is 24.5 Å². The number of hydrogen-bond acceptors (Lipinski definition) is 6. The van der Waals surface area contributed by atoms with E-state index in [4.69, 9.17) is 24.4 Å². The van der Waals surface area contributed by atoms with Crippen molar-refractivity contribution in [3.63, 3.8) is 0 Å². The van der Waals surface area contributed by atoms with E-state index in [-0.39, 0.29) is 0 Å². The molecule has 0 spiro atoms. The number of nitriles is 1. The van der Waals surface area contributed by atoms with Gasteiger partial charge in [0, 0.05) is 48.8 Å². The van der Waals surface area contributed by atoms with Crippen molar-refractivity contribution in [2.45, 2.75) is 0 Å². The summed E-state index contributed by atoms with van der Waals surface area (Å²) in [7, 11) is 0. The summed E-state index contributed by atoms with van der Waals surface area (Å²) in [5, 5.41) is 17.1. The van der Waals surface area contributed by atoms with Crippen molar-refractivity contribution >= 4 is 65.4 Å². The van der Waals surface area contributed by atoms with Gasteiger partial charge >= 0.3 is 0 Å². The molecule has 0 saturated heterocycles. The number of benzene rings is 7. The maximum Gasteiger partial charge on any atom is 0.238 e. The molecule has 7 heteroatoms. The molecule has 4 aromatic heterocycles. The molecule has 0 N–H and O–H groups in total. The van der Waals surface area contributed by atoms with E-state index in [9.17, 15) is 5.26 Å². The monoisotopic (exact) mass is 690 g/mol. The first-order valence-corrected chi connectivity index (χ1v) is 17.7. The Bertz CT molecular complexity index is 3300. The summed E-state index contributed by atoms with van der Waals surface area (Å²) in [5.41, 5.74) is 8.28. The van der Waals surface area contributed by atoms with Crippen molar-refractivity contribution < 1.29 is 4.42 Å². The number of nitrogens with zero attached hydrogens (tertiary/aromatic N) is 6. The molecule has 54 heavy (non-hydrogen) atoms. The molecule has 0 bridgehead atoms. The van der Waals surface area contributed by atoms with Gasteiger partial charge in [-0.25, -0.2) is 9.97 Å². The Labute approximate surface area is 308 Å². The van der Waals surface area contributed by atoms with Gasteiger partial charge in [-0.2, -0.15) is 15.2 Å². The third-order valence-electron chi connectivity index (χ3n) is 10.3. The van der Waals surface area contributed by atoms with Gasteiger partial charge in [0.1, 0.15) is 11.2 Å². The van der Waals surface area contributed by atoms with Gasteiger partial charge in [0.25, 0.3) is 0 Å². The van der Waals surface area contributed by atoms with Gasteiger partial charge in [-0.1, -0.05) is 109 Å². The van der Waals surface area contributed by atoms with Crippen LogP contribution in [0.15, 0.2) is 162 Å². The first kappa shape index (κ1) is 30.0. The fourth-order valence-corrected chi connectivity index (χ4v) is 7.90. The SMILES string of the molecule is N#Cc1cccc(-c2nc(-c3cccc4c3oc3ccc5c(-c6ccccc6)nc6ccccc6c5c34)nc(-n3c4ccccc4c4ccccc43)n2)c1. The first-order chi connectivity index (χ1) is 26.7. The van der Waals surface area contributed by atoms with Gasteiger partial charge in [0.05, 0.1) is 39.4 Å². The highest BCUT2D eigenvalue weighted by Gasteiger charge is 2.22. The molecule has 4 heterocycles. The number of para-hydroxylation sites is 4. The zero-order valence-corrected chi connectivity index (χ0v) is 28.6. The van der Waals surface area contributed by atoms with Gasteiger partial charge in [0.2, 0.25) is 5.95 Å². The van der Waals surface area contributed by atoms with Crippen molar-refractivity contribution in [2.75, 3.05) is 0 Å². The highest BCUT2D eigenvalue weighted by Crippen LogP contribution is 2.43. The van der Waals surface area contributed by atoms with Crippen LogP contribution in [0, 0.1) is 11.3 Å². The number of aromatic nitrogens is 5. The lowest BCUT2D eigenvalue weighted by Gasteiger charge is -2.11. The molecule has 0 aliphatic carbocycles. The maximum atomic E-state index is 9.77. The smallest absolute Gasteiger partial charge is 0.238 e. The lowest BCUT2D eigenvalue weighted by molar-refractivity contribution is 0.669. The fourth-order valence-electron chi connectivity index (χ4n) is 7.90. The molecule has 0 unspecified atom stereocenters. The van der Waals surface area contributed by atoms with Crippen molar-refractivity contribution in [3.8, 4) is 46.1 Å². The van der Waals surface area contributed by atoms with Crippen LogP contribution in [0.25, 0.3) is 105 Å². The van der Waals surface area contributed by atoms with Crippen LogP contribution >= 0.6 is 0 Å². The Kier molecular flexibility index (Phi) is 6.48. The van der Waals surface area contributed by atoms with Crippen LogP contribution < -0.4 is 0 Å². The summed E-state index contributed by atoms with van der Waals surface area (Å²) in [6, 6.07) is 55.1. The molecule has 250 valence electrons. The molecule has 11 aromatic rings. The standard InChI is InChI=1S/C47H26N6O/c48-27-28-12-10-15-30(26-28)45-50-46(52-47(51-45)53-38-22-8-5-16-31(38)32-17-6-9-23-39(32)53)36-20-11-19-35-42-40(54-44(35)36)25-24-34-41(42)33-18-4-7-21-37(33)49-43(34)29-13-2-1-3-14-29/h1-26H. The summed E-state index contributed by atoms with van der Waals surface area (Å²) < 4.78 is 8.91. The third-order valence-corrected chi connectivity index (χ3v) is 10.3. The summed E-state index contributed by atoms with van der Waals surface area (Å²) >= 11 is 0. The first-order valence-electron chi connectivity index (χ1n) is 17.7. The summed E-state index contributed by atoms with van der Waals surface area (Å²) in [6.07, 6.45) is 0. The fraction of sp³-hybridized carbons (Fsp3) is 0. The van der Waals surface area contributed by atoms with Crippen LogP contribution in [0.1, 0.15) is 5.56 Å². The average Bonchev–Trinajstić information content (AvgIpc) is 3.80. The highest BCUT2D eigenvalue weighted by atomic mass is 16.3. The van der Waals surface area contributed by atoms with Crippen molar-refractivity contribution in [2.24, 2.45) is 0 Å². The number of rotatable bonds is 4. The zero-order valence-electron chi connectivity index (χ0n) is 28.6. The zero-order chi connectivity index (χ0) is 35.8. The van der Waals surface area contributed by atoms with Crippen LogP contribution in [0.2, 0.25) is 0 Å². The van der Waals surface area contributed by atoms with E-state index >= 15 is 0 Å². The van der Waals surface area contributed by atoms with E-state index in [1.807, 2.05) is 84.9 Å². The van der Waals surface area contributed by atoms with E-state index in [1.165, 1.54) is 0 Å². The molecule has 0 saturated carbocycles. The van der Waals surface area contributed by atoms with Gasteiger partial charge in [-0.05, 0) is 48.5 Å². The molecule has 11 rings (SSSR count). The largest absolute Gasteiger partial charge is 0.455 e. The topological polar surface area (TPSA) is 93.4 Å². The van der Waals surface area contributed by atoms with Crippen LogP contribution in [0.3, 0.4) is 0 Å². The maximum absolute atomic E-state index is 9.77. The number of pyridine rings is 1. The summed E-state index contributed by atoms with van der Waals surface area (Å²) in [6.45, 7) is 0. The predicted octanol–water partition coefficient (Wildman–Crippen LogP) is 11.4. The van der Waals surface area contributed by atoms with Gasteiger partial charge < -0.3 is 4.42 Å². The lowest BCUT2D eigenvalue weighted by atomic mass is 9.96. The minimum absolute atomic E-state index is 0.456. The quantitative estimate of drug-likeness (QED) is 0.171. The van der Waals surface area contributed by atoms with Crippen molar-refractivity contribution in [1.29, 1.82) is 5.26 Å². The minimum atomic E-state index is 0.456. The Morgan fingerprint density at radius 2 is 1.17 bits per heavy atom. The Hall–Kier alpha value is -7.69. The number of hydrogen-bond donors (Lipinski definition) is 0. The van der Waals surface area contributed by atoms with E-state index in [0.29, 0.717) is 28.7 Å². The molecule has 0 atom stereocenters. The van der Waals surface area contributed by atoms with Crippen molar-refractivity contribution in [3.05, 3.63) is 163 Å². The Morgan fingerprint density at radius 3 is 1.96 bits per heavy atom. The predicted molar refractivity (Wildman–Crippen MR) is 215 cm³/mol. The second-order valence-electron chi connectivity index (χ2n) is 13.3.